The summed E-state index contributed by atoms with van der Waals surface area (Å²) in [6, 6.07) is 3.14. The first kappa shape index (κ1) is 10.4. The maximum absolute atomic E-state index is 12.8. The van der Waals surface area contributed by atoms with Gasteiger partial charge in [-0.05, 0) is 19.3 Å². The van der Waals surface area contributed by atoms with Crippen molar-refractivity contribution in [2.75, 3.05) is 0 Å². The van der Waals surface area contributed by atoms with E-state index in [1.807, 2.05) is 0 Å². The standard InChI is InChI=1S/C11H13F2NO/c12-7-4-8(13)6-9(5-7)15-11-3-1-2-10(11)14/h4-6,10-11H,1-3,14H2. The largest absolute Gasteiger partial charge is 0.489 e. The third-order valence-corrected chi connectivity index (χ3v) is 2.63. The van der Waals surface area contributed by atoms with Crippen molar-refractivity contribution in [3.05, 3.63) is 29.8 Å². The van der Waals surface area contributed by atoms with Gasteiger partial charge in [-0.1, -0.05) is 0 Å². The fourth-order valence-corrected chi connectivity index (χ4v) is 1.87. The average Bonchev–Trinajstić information content (AvgIpc) is 2.50. The van der Waals surface area contributed by atoms with Gasteiger partial charge >= 0.3 is 0 Å². The van der Waals surface area contributed by atoms with Gasteiger partial charge in [-0.15, -0.1) is 0 Å². The van der Waals surface area contributed by atoms with Crippen LogP contribution in [0.1, 0.15) is 19.3 Å². The van der Waals surface area contributed by atoms with E-state index < -0.39 is 11.6 Å². The zero-order valence-corrected chi connectivity index (χ0v) is 8.25. The average molecular weight is 213 g/mol. The normalized spacial score (nSPS) is 25.5. The minimum absolute atomic E-state index is 0.0312. The van der Waals surface area contributed by atoms with Crippen LogP contribution in [0.2, 0.25) is 0 Å². The van der Waals surface area contributed by atoms with E-state index >= 15 is 0 Å². The lowest BCUT2D eigenvalue weighted by atomic mass is 10.2. The van der Waals surface area contributed by atoms with Crippen molar-refractivity contribution in [1.29, 1.82) is 0 Å². The molecule has 2 N–H and O–H groups in total. The van der Waals surface area contributed by atoms with Gasteiger partial charge in [0.05, 0.1) is 0 Å². The highest BCUT2D eigenvalue weighted by Gasteiger charge is 2.25. The summed E-state index contributed by atoms with van der Waals surface area (Å²) in [7, 11) is 0. The molecule has 0 spiro atoms. The summed E-state index contributed by atoms with van der Waals surface area (Å²) in [6.07, 6.45) is 2.64. The molecular formula is C11H13F2NO. The number of hydrogen-bond acceptors (Lipinski definition) is 2. The second-order valence-electron chi connectivity index (χ2n) is 3.86. The minimum atomic E-state index is -0.628. The van der Waals surface area contributed by atoms with Gasteiger partial charge in [0.1, 0.15) is 23.5 Å². The monoisotopic (exact) mass is 213 g/mol. The van der Waals surface area contributed by atoms with Gasteiger partial charge < -0.3 is 10.5 Å². The quantitative estimate of drug-likeness (QED) is 0.817. The summed E-state index contributed by atoms with van der Waals surface area (Å²) in [6.45, 7) is 0. The summed E-state index contributed by atoms with van der Waals surface area (Å²) >= 11 is 0. The molecule has 1 fully saturated rings. The highest BCUT2D eigenvalue weighted by Crippen LogP contribution is 2.24. The lowest BCUT2D eigenvalue weighted by Gasteiger charge is -2.17. The molecule has 1 aromatic carbocycles. The Hall–Kier alpha value is -1.16. The molecule has 0 bridgehead atoms. The molecule has 1 aliphatic carbocycles. The Morgan fingerprint density at radius 3 is 2.33 bits per heavy atom. The number of rotatable bonds is 2. The molecule has 0 saturated heterocycles. The third kappa shape index (κ3) is 2.45. The molecular weight excluding hydrogens is 200 g/mol. The molecule has 2 nitrogen and oxygen atoms in total. The predicted octanol–water partition coefficient (Wildman–Crippen LogP) is 2.22. The molecule has 1 saturated carbocycles. The van der Waals surface area contributed by atoms with Crippen LogP contribution in [0, 0.1) is 11.6 Å². The summed E-state index contributed by atoms with van der Waals surface area (Å²) in [5.74, 6) is -1.04. The molecule has 2 unspecified atom stereocenters. The van der Waals surface area contributed by atoms with Crippen molar-refractivity contribution in [3.63, 3.8) is 0 Å². The summed E-state index contributed by atoms with van der Waals surface area (Å²) < 4.78 is 31.1. The van der Waals surface area contributed by atoms with E-state index in [9.17, 15) is 8.78 Å². The molecule has 0 aromatic heterocycles. The maximum atomic E-state index is 12.8. The molecule has 2 rings (SSSR count). The molecule has 82 valence electrons. The van der Waals surface area contributed by atoms with Crippen molar-refractivity contribution in [1.82, 2.24) is 0 Å². The number of halogens is 2. The van der Waals surface area contributed by atoms with E-state index in [2.05, 4.69) is 0 Å². The van der Waals surface area contributed by atoms with Gasteiger partial charge in [-0.3, -0.25) is 0 Å². The predicted molar refractivity (Wildman–Crippen MR) is 52.6 cm³/mol. The van der Waals surface area contributed by atoms with Crippen molar-refractivity contribution < 1.29 is 13.5 Å². The van der Waals surface area contributed by atoms with Crippen LogP contribution in [-0.2, 0) is 0 Å². The number of hydrogen-bond donors (Lipinski definition) is 1. The second kappa shape index (κ2) is 4.14. The number of ether oxygens (including phenoxy) is 1. The van der Waals surface area contributed by atoms with Crippen LogP contribution in [0.15, 0.2) is 18.2 Å². The Morgan fingerprint density at radius 2 is 1.80 bits per heavy atom. The van der Waals surface area contributed by atoms with Crippen LogP contribution < -0.4 is 10.5 Å². The first-order valence-corrected chi connectivity index (χ1v) is 5.03. The van der Waals surface area contributed by atoms with E-state index in [4.69, 9.17) is 10.5 Å². The van der Waals surface area contributed by atoms with E-state index in [0.29, 0.717) is 0 Å². The Morgan fingerprint density at radius 1 is 1.13 bits per heavy atom. The Kier molecular flexibility index (Phi) is 2.86. The van der Waals surface area contributed by atoms with E-state index in [1.54, 1.807) is 0 Å². The fraction of sp³-hybridized carbons (Fsp3) is 0.455. The highest BCUT2D eigenvalue weighted by molar-refractivity contribution is 5.24. The van der Waals surface area contributed by atoms with Crippen LogP contribution in [-0.4, -0.2) is 12.1 Å². The van der Waals surface area contributed by atoms with Gasteiger partial charge in [0.2, 0.25) is 0 Å². The van der Waals surface area contributed by atoms with Crippen LogP contribution in [0.4, 0.5) is 8.78 Å². The van der Waals surface area contributed by atoms with Gasteiger partial charge in [0.25, 0.3) is 0 Å². The molecule has 4 heteroatoms. The first-order valence-electron chi connectivity index (χ1n) is 5.03. The van der Waals surface area contributed by atoms with Gasteiger partial charge in [-0.25, -0.2) is 8.78 Å². The summed E-state index contributed by atoms with van der Waals surface area (Å²) in [4.78, 5) is 0. The minimum Gasteiger partial charge on any atom is -0.489 e. The fourth-order valence-electron chi connectivity index (χ4n) is 1.87. The van der Waals surface area contributed by atoms with Crippen LogP contribution >= 0.6 is 0 Å². The van der Waals surface area contributed by atoms with Gasteiger partial charge in [0.15, 0.2) is 0 Å². The highest BCUT2D eigenvalue weighted by atomic mass is 19.1. The Balaban J connectivity index is 2.10. The lowest BCUT2D eigenvalue weighted by molar-refractivity contribution is 0.190. The summed E-state index contributed by atoms with van der Waals surface area (Å²) in [5.41, 5.74) is 5.79. The van der Waals surface area contributed by atoms with Gasteiger partial charge in [0, 0.05) is 24.2 Å². The third-order valence-electron chi connectivity index (χ3n) is 2.63. The van der Waals surface area contributed by atoms with E-state index in [0.717, 1.165) is 25.3 Å². The number of nitrogens with two attached hydrogens (primary N) is 1. The lowest BCUT2D eigenvalue weighted by Crippen LogP contribution is -2.33. The van der Waals surface area contributed by atoms with Crippen molar-refractivity contribution in [2.24, 2.45) is 5.73 Å². The smallest absolute Gasteiger partial charge is 0.129 e. The Labute approximate surface area is 87.0 Å². The van der Waals surface area contributed by atoms with E-state index in [-0.39, 0.29) is 17.9 Å². The van der Waals surface area contributed by atoms with Gasteiger partial charge in [-0.2, -0.15) is 0 Å². The molecule has 2 atom stereocenters. The van der Waals surface area contributed by atoms with Crippen LogP contribution in [0.25, 0.3) is 0 Å². The zero-order chi connectivity index (χ0) is 10.8. The molecule has 0 amide bonds. The van der Waals surface area contributed by atoms with Crippen LogP contribution in [0.3, 0.4) is 0 Å². The van der Waals surface area contributed by atoms with Crippen molar-refractivity contribution in [3.8, 4) is 5.75 Å². The summed E-state index contributed by atoms with van der Waals surface area (Å²) in [5, 5.41) is 0. The maximum Gasteiger partial charge on any atom is 0.129 e. The molecule has 1 aliphatic rings. The van der Waals surface area contributed by atoms with Crippen molar-refractivity contribution >= 4 is 0 Å². The van der Waals surface area contributed by atoms with E-state index in [1.165, 1.54) is 12.1 Å². The molecule has 15 heavy (non-hydrogen) atoms. The Bertz CT molecular complexity index is 336. The zero-order valence-electron chi connectivity index (χ0n) is 8.25. The first-order chi connectivity index (χ1) is 7.15. The SMILES string of the molecule is NC1CCCC1Oc1cc(F)cc(F)c1. The second-order valence-corrected chi connectivity index (χ2v) is 3.86. The topological polar surface area (TPSA) is 35.2 Å². The molecule has 0 radical (unpaired) electrons. The number of benzene rings is 1. The van der Waals surface area contributed by atoms with Crippen LogP contribution in [0.5, 0.6) is 5.75 Å². The molecule has 0 heterocycles. The van der Waals surface area contributed by atoms with Crippen molar-refractivity contribution in [2.45, 2.75) is 31.4 Å². The molecule has 1 aromatic rings. The molecule has 0 aliphatic heterocycles.